The van der Waals surface area contributed by atoms with E-state index in [-0.39, 0.29) is 17.9 Å². The summed E-state index contributed by atoms with van der Waals surface area (Å²) in [5, 5.41) is 3.65. The number of nitrogens with zero attached hydrogens (tertiary/aromatic N) is 2. The van der Waals surface area contributed by atoms with Crippen LogP contribution in [-0.4, -0.2) is 15.5 Å². The van der Waals surface area contributed by atoms with Crippen LogP contribution in [0, 0.1) is 6.92 Å². The highest BCUT2D eigenvalue weighted by atomic mass is 32.1. The average molecular weight is 367 g/mol. The maximum atomic E-state index is 12.9. The van der Waals surface area contributed by atoms with Gasteiger partial charge in [0.1, 0.15) is 4.83 Å². The summed E-state index contributed by atoms with van der Waals surface area (Å²) in [6.45, 7) is 2.32. The first kappa shape index (κ1) is 17.0. The zero-order valence-electron chi connectivity index (χ0n) is 14.7. The summed E-state index contributed by atoms with van der Waals surface area (Å²) in [5.41, 5.74) is 3.05. The summed E-state index contributed by atoms with van der Waals surface area (Å²) >= 11 is 1.65. The van der Waals surface area contributed by atoms with Gasteiger partial charge in [-0.3, -0.25) is 14.2 Å². The van der Waals surface area contributed by atoms with Crippen LogP contribution in [0.25, 0.3) is 10.2 Å². The first-order valence-electron chi connectivity index (χ1n) is 8.98. The lowest BCUT2D eigenvalue weighted by atomic mass is 9.97. The van der Waals surface area contributed by atoms with Gasteiger partial charge in [0, 0.05) is 23.5 Å². The van der Waals surface area contributed by atoms with Gasteiger partial charge in [0.25, 0.3) is 5.56 Å². The molecule has 0 bridgehead atoms. The standard InChI is InChI=1S/C20H21N3O2S/c1-13-5-4-6-14(11-13)22-17(24)9-10-23-12-21-19-18(20(23)25)15-7-2-3-8-16(15)26-19/h4-6,11-12H,2-3,7-10H2,1H3,(H,22,24). The Morgan fingerprint density at radius 2 is 2.15 bits per heavy atom. The highest BCUT2D eigenvalue weighted by molar-refractivity contribution is 7.18. The lowest BCUT2D eigenvalue weighted by molar-refractivity contribution is -0.116. The van der Waals surface area contributed by atoms with E-state index in [2.05, 4.69) is 10.3 Å². The summed E-state index contributed by atoms with van der Waals surface area (Å²) in [7, 11) is 0. The number of aryl methyl sites for hydroxylation is 4. The summed E-state index contributed by atoms with van der Waals surface area (Å²) < 4.78 is 1.57. The van der Waals surface area contributed by atoms with E-state index in [1.54, 1.807) is 22.2 Å². The van der Waals surface area contributed by atoms with Gasteiger partial charge in [-0.05, 0) is 55.9 Å². The zero-order chi connectivity index (χ0) is 18.1. The Kier molecular flexibility index (Phi) is 4.59. The zero-order valence-corrected chi connectivity index (χ0v) is 15.6. The number of hydrogen-bond donors (Lipinski definition) is 1. The summed E-state index contributed by atoms with van der Waals surface area (Å²) in [4.78, 5) is 31.7. The molecule has 134 valence electrons. The van der Waals surface area contributed by atoms with Gasteiger partial charge in [0.15, 0.2) is 0 Å². The second-order valence-electron chi connectivity index (χ2n) is 6.80. The molecule has 0 radical (unpaired) electrons. The third-order valence-corrected chi connectivity index (χ3v) is 6.02. The van der Waals surface area contributed by atoms with Crippen LogP contribution in [0.5, 0.6) is 0 Å². The van der Waals surface area contributed by atoms with E-state index in [4.69, 9.17) is 0 Å². The Morgan fingerprint density at radius 1 is 1.31 bits per heavy atom. The number of benzene rings is 1. The minimum absolute atomic E-state index is 0.0160. The van der Waals surface area contributed by atoms with Crippen molar-refractivity contribution in [2.45, 2.75) is 45.6 Å². The molecule has 0 unspecified atom stereocenters. The number of nitrogens with one attached hydrogen (secondary N) is 1. The molecule has 0 atom stereocenters. The van der Waals surface area contributed by atoms with E-state index < -0.39 is 0 Å². The third kappa shape index (κ3) is 3.29. The van der Waals surface area contributed by atoms with Crippen molar-refractivity contribution in [2.24, 2.45) is 0 Å². The van der Waals surface area contributed by atoms with Crippen LogP contribution in [0.15, 0.2) is 35.4 Å². The third-order valence-electron chi connectivity index (χ3n) is 4.82. The van der Waals surface area contributed by atoms with E-state index in [1.165, 1.54) is 16.9 Å². The van der Waals surface area contributed by atoms with Crippen molar-refractivity contribution in [3.63, 3.8) is 0 Å². The van der Waals surface area contributed by atoms with Crippen LogP contribution in [-0.2, 0) is 24.2 Å². The number of hydrogen-bond acceptors (Lipinski definition) is 4. The van der Waals surface area contributed by atoms with Crippen LogP contribution in [0.2, 0.25) is 0 Å². The van der Waals surface area contributed by atoms with Crippen molar-refractivity contribution >= 4 is 33.1 Å². The Hall–Kier alpha value is -2.47. The van der Waals surface area contributed by atoms with Gasteiger partial charge in [0.05, 0.1) is 11.7 Å². The number of aromatic nitrogens is 2. The molecular formula is C20H21N3O2S. The summed E-state index contributed by atoms with van der Waals surface area (Å²) in [5.74, 6) is -0.102. The number of fused-ring (bicyclic) bond motifs is 3. The smallest absolute Gasteiger partial charge is 0.262 e. The molecule has 0 spiro atoms. The van der Waals surface area contributed by atoms with Crippen LogP contribution in [0.3, 0.4) is 0 Å². The molecule has 3 aromatic rings. The number of carbonyl (C=O) groups is 1. The first-order valence-corrected chi connectivity index (χ1v) is 9.79. The second-order valence-corrected chi connectivity index (χ2v) is 7.89. The molecule has 1 aromatic carbocycles. The van der Waals surface area contributed by atoms with Crippen molar-refractivity contribution in [1.82, 2.24) is 9.55 Å². The molecule has 2 heterocycles. The Bertz CT molecular complexity index is 1040. The molecule has 1 aliphatic carbocycles. The van der Waals surface area contributed by atoms with Crippen molar-refractivity contribution in [2.75, 3.05) is 5.32 Å². The fraction of sp³-hybridized carbons (Fsp3) is 0.350. The molecule has 2 aromatic heterocycles. The molecule has 4 rings (SSSR count). The van der Waals surface area contributed by atoms with Gasteiger partial charge in [0.2, 0.25) is 5.91 Å². The molecule has 1 aliphatic rings. The molecule has 5 nitrogen and oxygen atoms in total. The minimum atomic E-state index is -0.102. The quantitative estimate of drug-likeness (QED) is 0.765. The molecular weight excluding hydrogens is 346 g/mol. The predicted molar refractivity (Wildman–Crippen MR) is 105 cm³/mol. The van der Waals surface area contributed by atoms with E-state index in [0.717, 1.165) is 40.7 Å². The highest BCUT2D eigenvalue weighted by Crippen LogP contribution is 2.33. The molecule has 0 saturated carbocycles. The highest BCUT2D eigenvalue weighted by Gasteiger charge is 2.20. The molecule has 6 heteroatoms. The van der Waals surface area contributed by atoms with Gasteiger partial charge in [-0.15, -0.1) is 11.3 Å². The van der Waals surface area contributed by atoms with Gasteiger partial charge in [-0.25, -0.2) is 4.98 Å². The lowest BCUT2D eigenvalue weighted by Gasteiger charge is -2.10. The number of thiophene rings is 1. The van der Waals surface area contributed by atoms with Gasteiger partial charge in [-0.2, -0.15) is 0 Å². The van der Waals surface area contributed by atoms with E-state index in [9.17, 15) is 9.59 Å². The van der Waals surface area contributed by atoms with Crippen molar-refractivity contribution < 1.29 is 4.79 Å². The Balaban J connectivity index is 1.51. The van der Waals surface area contributed by atoms with E-state index >= 15 is 0 Å². The molecule has 1 amide bonds. The molecule has 0 fully saturated rings. The summed E-state index contributed by atoms with van der Waals surface area (Å²) in [6, 6.07) is 7.68. The van der Waals surface area contributed by atoms with Crippen LogP contribution in [0.4, 0.5) is 5.69 Å². The van der Waals surface area contributed by atoms with Crippen LogP contribution < -0.4 is 10.9 Å². The van der Waals surface area contributed by atoms with E-state index in [0.29, 0.717) is 6.54 Å². The minimum Gasteiger partial charge on any atom is -0.326 e. The number of anilines is 1. The maximum absolute atomic E-state index is 12.9. The van der Waals surface area contributed by atoms with Crippen molar-refractivity contribution in [3.05, 3.63) is 57.0 Å². The fourth-order valence-electron chi connectivity index (χ4n) is 3.51. The number of amides is 1. The van der Waals surface area contributed by atoms with Gasteiger partial charge in [-0.1, -0.05) is 12.1 Å². The van der Waals surface area contributed by atoms with Crippen molar-refractivity contribution in [1.29, 1.82) is 0 Å². The Morgan fingerprint density at radius 3 is 3.00 bits per heavy atom. The van der Waals surface area contributed by atoms with Gasteiger partial charge >= 0.3 is 0 Å². The van der Waals surface area contributed by atoms with Crippen LogP contribution in [0.1, 0.15) is 35.3 Å². The normalized spacial score (nSPS) is 13.6. The maximum Gasteiger partial charge on any atom is 0.262 e. The molecule has 26 heavy (non-hydrogen) atoms. The monoisotopic (exact) mass is 367 g/mol. The number of carbonyl (C=O) groups excluding carboxylic acids is 1. The topological polar surface area (TPSA) is 64.0 Å². The molecule has 0 aliphatic heterocycles. The predicted octanol–water partition coefficient (Wildman–Crippen LogP) is 3.67. The van der Waals surface area contributed by atoms with Gasteiger partial charge < -0.3 is 5.32 Å². The molecule has 0 saturated heterocycles. The average Bonchev–Trinajstić information content (AvgIpc) is 3.00. The first-order chi connectivity index (χ1) is 12.6. The summed E-state index contributed by atoms with van der Waals surface area (Å²) in [6.07, 6.45) is 6.15. The van der Waals surface area contributed by atoms with E-state index in [1.807, 2.05) is 31.2 Å². The SMILES string of the molecule is Cc1cccc(NC(=O)CCn2cnc3sc4c(c3c2=O)CCCC4)c1. The van der Waals surface area contributed by atoms with Crippen molar-refractivity contribution in [3.8, 4) is 0 Å². The Labute approximate surface area is 155 Å². The lowest BCUT2D eigenvalue weighted by Crippen LogP contribution is -2.24. The number of rotatable bonds is 4. The fourth-order valence-corrected chi connectivity index (χ4v) is 4.73. The second kappa shape index (κ2) is 7.03. The van der Waals surface area contributed by atoms with Crippen LogP contribution >= 0.6 is 11.3 Å². The molecule has 1 N–H and O–H groups in total. The largest absolute Gasteiger partial charge is 0.326 e.